The molecule has 0 saturated carbocycles. The van der Waals surface area contributed by atoms with Crippen LogP contribution < -0.4 is 15.8 Å². The smallest absolute Gasteiger partial charge is 0.410 e. The number of benzene rings is 2. The molecule has 0 saturated heterocycles. The molecular weight excluding hydrogens is 311 g/mol. The zero-order valence-electron chi connectivity index (χ0n) is 11.1. The van der Waals surface area contributed by atoms with Crippen LogP contribution in [0.2, 0.25) is 10.0 Å². The summed E-state index contributed by atoms with van der Waals surface area (Å²) in [6, 6.07) is 11.9. The lowest BCUT2D eigenvalue weighted by Gasteiger charge is -2.08. The fourth-order valence-corrected chi connectivity index (χ4v) is 2.29. The molecule has 6 heteroatoms. The summed E-state index contributed by atoms with van der Waals surface area (Å²) in [6.07, 6.45) is 0.174. The highest BCUT2D eigenvalue weighted by Gasteiger charge is 2.06. The molecule has 3 N–H and O–H groups in total. The molecule has 2 rings (SSSR count). The molecular formula is C15H14Cl2N2O2. The van der Waals surface area contributed by atoms with Crippen LogP contribution in [0.5, 0.6) is 5.75 Å². The summed E-state index contributed by atoms with van der Waals surface area (Å²) in [6.45, 7) is 0.580. The van der Waals surface area contributed by atoms with Crippen LogP contribution in [0.15, 0.2) is 42.5 Å². The summed E-state index contributed by atoms with van der Waals surface area (Å²) in [5, 5.41) is 3.43. The molecule has 4 nitrogen and oxygen atoms in total. The molecule has 0 atom stereocenters. The Bertz CT molecular complexity index is 610. The maximum absolute atomic E-state index is 11.8. The Morgan fingerprint density at radius 2 is 1.71 bits per heavy atom. The molecule has 0 radical (unpaired) electrons. The van der Waals surface area contributed by atoms with Gasteiger partial charge in [0, 0.05) is 15.7 Å². The fourth-order valence-electron chi connectivity index (χ4n) is 1.77. The Balaban J connectivity index is 1.97. The van der Waals surface area contributed by atoms with Crippen LogP contribution in [0.3, 0.4) is 0 Å². The molecule has 0 fully saturated rings. The van der Waals surface area contributed by atoms with E-state index in [9.17, 15) is 4.79 Å². The van der Waals surface area contributed by atoms with Gasteiger partial charge in [-0.05, 0) is 48.9 Å². The summed E-state index contributed by atoms with van der Waals surface area (Å²) in [5.41, 5.74) is 7.03. The summed E-state index contributed by atoms with van der Waals surface area (Å²) in [4.78, 5) is 11.8. The van der Waals surface area contributed by atoms with Gasteiger partial charge in [0.05, 0.1) is 0 Å². The predicted molar refractivity (Wildman–Crippen MR) is 85.3 cm³/mol. The second-order valence-corrected chi connectivity index (χ2v) is 5.23. The van der Waals surface area contributed by atoms with E-state index < -0.39 is 6.09 Å². The van der Waals surface area contributed by atoms with E-state index in [4.69, 9.17) is 33.7 Å². The van der Waals surface area contributed by atoms with Crippen LogP contribution in [0.4, 0.5) is 10.5 Å². The van der Waals surface area contributed by atoms with Crippen molar-refractivity contribution in [1.29, 1.82) is 0 Å². The maximum atomic E-state index is 11.8. The standard InChI is InChI=1S/C15H14Cl2N2O2/c16-11-7-12(17)9-13(8-11)19-15(20)21-14-3-1-10(2-4-14)5-6-18/h1-4,7-9H,5-6,18H2,(H,19,20). The topological polar surface area (TPSA) is 64.3 Å². The van der Waals surface area contributed by atoms with Crippen molar-refractivity contribution in [3.8, 4) is 5.75 Å². The van der Waals surface area contributed by atoms with Crippen LogP contribution in [-0.2, 0) is 6.42 Å². The molecule has 0 aliphatic rings. The number of carbonyl (C=O) groups is 1. The van der Waals surface area contributed by atoms with Gasteiger partial charge in [0.25, 0.3) is 0 Å². The second kappa shape index (κ2) is 7.31. The fraction of sp³-hybridized carbons (Fsp3) is 0.133. The number of nitrogens with one attached hydrogen (secondary N) is 1. The van der Waals surface area contributed by atoms with Crippen LogP contribution in [-0.4, -0.2) is 12.6 Å². The first kappa shape index (κ1) is 15.6. The van der Waals surface area contributed by atoms with E-state index >= 15 is 0 Å². The lowest BCUT2D eigenvalue weighted by molar-refractivity contribution is 0.215. The van der Waals surface area contributed by atoms with E-state index in [0.29, 0.717) is 28.0 Å². The van der Waals surface area contributed by atoms with Crippen LogP contribution >= 0.6 is 23.2 Å². The molecule has 2 aromatic rings. The Morgan fingerprint density at radius 1 is 1.10 bits per heavy atom. The van der Waals surface area contributed by atoms with Gasteiger partial charge in [0.15, 0.2) is 0 Å². The highest BCUT2D eigenvalue weighted by Crippen LogP contribution is 2.22. The van der Waals surface area contributed by atoms with Crippen molar-refractivity contribution in [2.45, 2.75) is 6.42 Å². The van der Waals surface area contributed by atoms with Crippen molar-refractivity contribution in [3.63, 3.8) is 0 Å². The van der Waals surface area contributed by atoms with E-state index in [1.165, 1.54) is 0 Å². The van der Waals surface area contributed by atoms with Crippen molar-refractivity contribution in [3.05, 3.63) is 58.1 Å². The third-order valence-corrected chi connectivity index (χ3v) is 3.11. The largest absolute Gasteiger partial charge is 0.417 e. The maximum Gasteiger partial charge on any atom is 0.417 e. The van der Waals surface area contributed by atoms with Crippen LogP contribution in [0.1, 0.15) is 5.56 Å². The van der Waals surface area contributed by atoms with Crippen molar-refractivity contribution in [2.24, 2.45) is 5.73 Å². The SMILES string of the molecule is NCCc1ccc(OC(=O)Nc2cc(Cl)cc(Cl)c2)cc1. The van der Waals surface area contributed by atoms with Crippen LogP contribution in [0.25, 0.3) is 0 Å². The molecule has 0 bridgehead atoms. The van der Waals surface area contributed by atoms with Crippen molar-refractivity contribution in [1.82, 2.24) is 0 Å². The van der Waals surface area contributed by atoms with E-state index in [-0.39, 0.29) is 0 Å². The van der Waals surface area contributed by atoms with E-state index in [2.05, 4.69) is 5.32 Å². The summed E-state index contributed by atoms with van der Waals surface area (Å²) in [5.74, 6) is 0.446. The average molecular weight is 325 g/mol. The lowest BCUT2D eigenvalue weighted by Crippen LogP contribution is -2.16. The first-order valence-electron chi connectivity index (χ1n) is 6.31. The molecule has 21 heavy (non-hydrogen) atoms. The zero-order valence-corrected chi connectivity index (χ0v) is 12.6. The van der Waals surface area contributed by atoms with Gasteiger partial charge in [-0.3, -0.25) is 5.32 Å². The van der Waals surface area contributed by atoms with Crippen molar-refractivity contribution >= 4 is 35.0 Å². The van der Waals surface area contributed by atoms with Crippen molar-refractivity contribution in [2.75, 3.05) is 11.9 Å². The highest BCUT2D eigenvalue weighted by molar-refractivity contribution is 6.35. The zero-order chi connectivity index (χ0) is 15.2. The number of halogens is 2. The molecule has 2 aromatic carbocycles. The van der Waals surface area contributed by atoms with Gasteiger partial charge in [-0.15, -0.1) is 0 Å². The summed E-state index contributed by atoms with van der Waals surface area (Å²) >= 11 is 11.7. The first-order valence-corrected chi connectivity index (χ1v) is 7.06. The van der Waals surface area contributed by atoms with Gasteiger partial charge in [0.2, 0.25) is 0 Å². The Morgan fingerprint density at radius 3 is 2.29 bits per heavy atom. The van der Waals surface area contributed by atoms with Gasteiger partial charge in [0.1, 0.15) is 5.75 Å². The first-order chi connectivity index (χ1) is 10.1. The Labute approximate surface area is 132 Å². The quantitative estimate of drug-likeness (QED) is 0.889. The minimum absolute atomic E-state index is 0.434. The van der Waals surface area contributed by atoms with Gasteiger partial charge in [-0.2, -0.15) is 0 Å². The average Bonchev–Trinajstić information content (AvgIpc) is 2.40. The summed E-state index contributed by atoms with van der Waals surface area (Å²) in [7, 11) is 0. The van der Waals surface area contributed by atoms with E-state index in [1.807, 2.05) is 12.1 Å². The number of carbonyl (C=O) groups excluding carboxylic acids is 1. The normalized spacial score (nSPS) is 10.2. The van der Waals surface area contributed by atoms with Gasteiger partial charge in [-0.25, -0.2) is 4.79 Å². The minimum atomic E-state index is -0.611. The lowest BCUT2D eigenvalue weighted by atomic mass is 10.1. The number of ether oxygens (including phenoxy) is 1. The van der Waals surface area contributed by atoms with Gasteiger partial charge >= 0.3 is 6.09 Å². The third-order valence-electron chi connectivity index (χ3n) is 2.68. The second-order valence-electron chi connectivity index (χ2n) is 4.36. The highest BCUT2D eigenvalue weighted by atomic mass is 35.5. The number of rotatable bonds is 4. The van der Waals surface area contributed by atoms with E-state index in [1.54, 1.807) is 30.3 Å². The molecule has 0 heterocycles. The number of amides is 1. The third kappa shape index (κ3) is 4.93. The number of hydrogen-bond donors (Lipinski definition) is 2. The molecule has 0 aromatic heterocycles. The molecule has 0 spiro atoms. The molecule has 0 aliphatic heterocycles. The monoisotopic (exact) mass is 324 g/mol. The molecule has 0 aliphatic carbocycles. The van der Waals surface area contributed by atoms with Crippen LogP contribution in [0, 0.1) is 0 Å². The van der Waals surface area contributed by atoms with E-state index in [0.717, 1.165) is 12.0 Å². The minimum Gasteiger partial charge on any atom is -0.410 e. The Hall–Kier alpha value is -1.75. The van der Waals surface area contributed by atoms with Crippen molar-refractivity contribution < 1.29 is 9.53 Å². The number of nitrogens with two attached hydrogens (primary N) is 1. The molecule has 1 amide bonds. The molecule has 0 unspecified atom stereocenters. The predicted octanol–water partition coefficient (Wildman–Crippen LogP) is 4.11. The van der Waals surface area contributed by atoms with Gasteiger partial charge in [-0.1, -0.05) is 35.3 Å². The summed E-state index contributed by atoms with van der Waals surface area (Å²) < 4.78 is 5.16. The number of anilines is 1. The van der Waals surface area contributed by atoms with Gasteiger partial charge < -0.3 is 10.5 Å². The Kier molecular flexibility index (Phi) is 5.44. The number of hydrogen-bond acceptors (Lipinski definition) is 3. The molecule has 110 valence electrons.